The van der Waals surface area contributed by atoms with Gasteiger partial charge < -0.3 is 10.0 Å². The van der Waals surface area contributed by atoms with Gasteiger partial charge in [0.15, 0.2) is 5.78 Å². The molecule has 1 heterocycles. The monoisotopic (exact) mass is 379 g/mol. The van der Waals surface area contributed by atoms with E-state index in [9.17, 15) is 14.7 Å². The Kier molecular flexibility index (Phi) is 6.63. The zero-order valence-corrected chi connectivity index (χ0v) is 16.7. The van der Waals surface area contributed by atoms with E-state index in [1.54, 1.807) is 0 Å². The number of ketones is 1. The molecular formula is C24H29NO3. The van der Waals surface area contributed by atoms with Crippen LogP contribution in [0, 0.1) is 19.8 Å². The molecule has 0 aromatic heterocycles. The summed E-state index contributed by atoms with van der Waals surface area (Å²) in [5.41, 5.74) is 3.67. The Morgan fingerprint density at radius 3 is 2.39 bits per heavy atom. The highest BCUT2D eigenvalue weighted by molar-refractivity contribution is 5.99. The number of rotatable bonds is 6. The number of hydrogen-bond acceptors (Lipinski definition) is 3. The third-order valence-electron chi connectivity index (χ3n) is 5.74. The molecule has 0 radical (unpaired) electrons. The predicted octanol–water partition coefficient (Wildman–Crippen LogP) is 4.24. The van der Waals surface area contributed by atoms with Gasteiger partial charge in [-0.25, -0.2) is 0 Å². The van der Waals surface area contributed by atoms with Crippen LogP contribution in [-0.4, -0.2) is 34.8 Å². The third-order valence-corrected chi connectivity index (χ3v) is 5.74. The number of nitrogens with zero attached hydrogens (tertiary/aromatic N) is 1. The van der Waals surface area contributed by atoms with E-state index in [2.05, 4.69) is 0 Å². The molecule has 1 saturated heterocycles. The lowest BCUT2D eigenvalue weighted by atomic mass is 9.87. The van der Waals surface area contributed by atoms with Crippen LogP contribution in [0.2, 0.25) is 0 Å². The SMILES string of the molecule is Cc1ccc(C)c(C(=O)CCC(=O)N2CCC(C(O)c3ccccc3)CC2)c1. The number of piperidine rings is 1. The maximum atomic E-state index is 12.5. The summed E-state index contributed by atoms with van der Waals surface area (Å²) in [5, 5.41) is 10.6. The fourth-order valence-corrected chi connectivity index (χ4v) is 3.94. The van der Waals surface area contributed by atoms with Gasteiger partial charge in [-0.2, -0.15) is 0 Å². The fraction of sp³-hybridized carbons (Fsp3) is 0.417. The second kappa shape index (κ2) is 9.16. The molecule has 1 amide bonds. The molecule has 1 aliphatic heterocycles. The number of aliphatic hydroxyl groups excluding tert-OH is 1. The van der Waals surface area contributed by atoms with Gasteiger partial charge in [-0.1, -0.05) is 48.0 Å². The van der Waals surface area contributed by atoms with Gasteiger partial charge >= 0.3 is 0 Å². The van der Waals surface area contributed by atoms with Gasteiger partial charge in [0.25, 0.3) is 0 Å². The van der Waals surface area contributed by atoms with Gasteiger partial charge in [0.1, 0.15) is 0 Å². The van der Waals surface area contributed by atoms with Gasteiger partial charge in [0, 0.05) is 31.5 Å². The maximum Gasteiger partial charge on any atom is 0.223 e. The summed E-state index contributed by atoms with van der Waals surface area (Å²) in [6.07, 6.45) is 1.58. The summed E-state index contributed by atoms with van der Waals surface area (Å²) < 4.78 is 0. The van der Waals surface area contributed by atoms with Gasteiger partial charge in [0.05, 0.1) is 6.10 Å². The van der Waals surface area contributed by atoms with Crippen molar-refractivity contribution in [2.75, 3.05) is 13.1 Å². The second-order valence-electron chi connectivity index (χ2n) is 7.82. The minimum atomic E-state index is -0.482. The summed E-state index contributed by atoms with van der Waals surface area (Å²) in [6.45, 7) is 5.18. The Labute approximate surface area is 167 Å². The lowest BCUT2D eigenvalue weighted by molar-refractivity contribution is -0.133. The van der Waals surface area contributed by atoms with Crippen molar-refractivity contribution in [1.82, 2.24) is 4.90 Å². The predicted molar refractivity (Wildman–Crippen MR) is 110 cm³/mol. The lowest BCUT2D eigenvalue weighted by Crippen LogP contribution is -2.39. The van der Waals surface area contributed by atoms with Crippen molar-refractivity contribution >= 4 is 11.7 Å². The number of Topliss-reactive ketones (excluding diaryl/α,β-unsaturated/α-hetero) is 1. The molecule has 0 spiro atoms. The molecule has 0 bridgehead atoms. The van der Waals surface area contributed by atoms with E-state index < -0.39 is 6.10 Å². The summed E-state index contributed by atoms with van der Waals surface area (Å²) in [4.78, 5) is 26.9. The zero-order valence-electron chi connectivity index (χ0n) is 16.7. The van der Waals surface area contributed by atoms with Crippen molar-refractivity contribution < 1.29 is 14.7 Å². The molecule has 4 nitrogen and oxygen atoms in total. The molecule has 4 heteroatoms. The highest BCUT2D eigenvalue weighted by Crippen LogP contribution is 2.30. The van der Waals surface area contributed by atoms with Crippen molar-refractivity contribution in [2.45, 2.75) is 45.6 Å². The Hall–Kier alpha value is -2.46. The van der Waals surface area contributed by atoms with Crippen molar-refractivity contribution in [3.05, 3.63) is 70.8 Å². The fourth-order valence-electron chi connectivity index (χ4n) is 3.94. The van der Waals surface area contributed by atoms with Crippen LogP contribution in [0.3, 0.4) is 0 Å². The molecule has 148 valence electrons. The molecule has 1 N–H and O–H groups in total. The number of aryl methyl sites for hydroxylation is 2. The number of carbonyl (C=O) groups excluding carboxylic acids is 2. The number of carbonyl (C=O) groups is 2. The van der Waals surface area contributed by atoms with E-state index in [4.69, 9.17) is 0 Å². The number of hydrogen-bond donors (Lipinski definition) is 1. The normalized spacial score (nSPS) is 16.0. The summed E-state index contributed by atoms with van der Waals surface area (Å²) >= 11 is 0. The van der Waals surface area contributed by atoms with Gasteiger partial charge in [-0.15, -0.1) is 0 Å². The quantitative estimate of drug-likeness (QED) is 0.764. The van der Waals surface area contributed by atoms with Gasteiger partial charge in [-0.3, -0.25) is 9.59 Å². The van der Waals surface area contributed by atoms with Gasteiger partial charge in [-0.05, 0) is 49.8 Å². The van der Waals surface area contributed by atoms with E-state index in [1.807, 2.05) is 67.3 Å². The summed E-state index contributed by atoms with van der Waals surface area (Å²) in [7, 11) is 0. The van der Waals surface area contributed by atoms with E-state index >= 15 is 0 Å². The van der Waals surface area contributed by atoms with Crippen molar-refractivity contribution in [1.29, 1.82) is 0 Å². The van der Waals surface area contributed by atoms with Crippen molar-refractivity contribution in [3.8, 4) is 0 Å². The molecule has 2 aromatic carbocycles. The summed E-state index contributed by atoms with van der Waals surface area (Å²) in [5.74, 6) is 0.235. The third kappa shape index (κ3) is 4.87. The minimum Gasteiger partial charge on any atom is -0.388 e. The second-order valence-corrected chi connectivity index (χ2v) is 7.82. The standard InChI is InChI=1S/C24H29NO3/c1-17-8-9-18(2)21(16-17)22(26)10-11-23(27)25-14-12-20(13-15-25)24(28)19-6-4-3-5-7-19/h3-9,16,20,24,28H,10-15H2,1-2H3. The first-order chi connectivity index (χ1) is 13.5. The number of likely N-dealkylation sites (tertiary alicyclic amines) is 1. The van der Waals surface area contributed by atoms with Crippen molar-refractivity contribution in [3.63, 3.8) is 0 Å². The number of benzene rings is 2. The van der Waals surface area contributed by atoms with Crippen LogP contribution in [-0.2, 0) is 4.79 Å². The highest BCUT2D eigenvalue weighted by atomic mass is 16.3. The zero-order chi connectivity index (χ0) is 20.1. The molecule has 0 saturated carbocycles. The topological polar surface area (TPSA) is 57.6 Å². The minimum absolute atomic E-state index is 0.0314. The molecule has 1 atom stereocenters. The first-order valence-corrected chi connectivity index (χ1v) is 10.1. The Morgan fingerprint density at radius 2 is 1.71 bits per heavy atom. The molecule has 1 aliphatic rings. The first-order valence-electron chi connectivity index (χ1n) is 10.1. The molecule has 2 aromatic rings. The molecule has 1 unspecified atom stereocenters. The maximum absolute atomic E-state index is 12.5. The molecule has 1 fully saturated rings. The Bertz CT molecular complexity index is 823. The van der Waals surface area contributed by atoms with Crippen LogP contribution in [0.5, 0.6) is 0 Å². The van der Waals surface area contributed by atoms with Crippen LogP contribution >= 0.6 is 0 Å². The van der Waals surface area contributed by atoms with E-state index in [-0.39, 0.29) is 30.4 Å². The Balaban J connectivity index is 1.49. The molecule has 28 heavy (non-hydrogen) atoms. The molecule has 3 rings (SSSR count). The van der Waals surface area contributed by atoms with Crippen molar-refractivity contribution in [2.24, 2.45) is 5.92 Å². The van der Waals surface area contributed by atoms with Crippen LogP contribution in [0.4, 0.5) is 0 Å². The van der Waals surface area contributed by atoms with E-state index in [1.165, 1.54) is 0 Å². The molecule has 0 aliphatic carbocycles. The number of aliphatic hydroxyl groups is 1. The number of amides is 1. The lowest BCUT2D eigenvalue weighted by Gasteiger charge is -2.34. The van der Waals surface area contributed by atoms with E-state index in [0.717, 1.165) is 35.1 Å². The largest absolute Gasteiger partial charge is 0.388 e. The van der Waals surface area contributed by atoms with Crippen LogP contribution in [0.15, 0.2) is 48.5 Å². The van der Waals surface area contributed by atoms with E-state index in [0.29, 0.717) is 13.1 Å². The average Bonchev–Trinajstić information content (AvgIpc) is 2.73. The molecular weight excluding hydrogens is 350 g/mol. The smallest absolute Gasteiger partial charge is 0.223 e. The Morgan fingerprint density at radius 1 is 1.04 bits per heavy atom. The first kappa shape index (κ1) is 20.3. The van der Waals surface area contributed by atoms with Crippen LogP contribution < -0.4 is 0 Å². The average molecular weight is 380 g/mol. The highest BCUT2D eigenvalue weighted by Gasteiger charge is 2.28. The van der Waals surface area contributed by atoms with Gasteiger partial charge in [0.2, 0.25) is 5.91 Å². The summed E-state index contributed by atoms with van der Waals surface area (Å²) in [6, 6.07) is 15.5. The van der Waals surface area contributed by atoms with Crippen LogP contribution in [0.25, 0.3) is 0 Å². The van der Waals surface area contributed by atoms with Crippen LogP contribution in [0.1, 0.15) is 58.8 Å².